The van der Waals surface area contributed by atoms with Gasteiger partial charge in [0.25, 0.3) is 11.1 Å². The first kappa shape index (κ1) is 22.4. The fourth-order valence-electron chi connectivity index (χ4n) is 3.18. The van der Waals surface area contributed by atoms with Crippen LogP contribution in [0, 0.1) is 6.92 Å². The second-order valence-electron chi connectivity index (χ2n) is 7.19. The van der Waals surface area contributed by atoms with E-state index in [0.717, 1.165) is 22.2 Å². The summed E-state index contributed by atoms with van der Waals surface area (Å²) in [5.41, 5.74) is 4.46. The maximum absolute atomic E-state index is 13.0. The predicted molar refractivity (Wildman–Crippen MR) is 127 cm³/mol. The number of para-hydroxylation sites is 2. The van der Waals surface area contributed by atoms with Crippen LogP contribution < -0.4 is 10.1 Å². The summed E-state index contributed by atoms with van der Waals surface area (Å²) in [6.07, 6.45) is 0. The van der Waals surface area contributed by atoms with Crippen LogP contribution in [0.4, 0.5) is 5.69 Å². The maximum Gasteiger partial charge on any atom is 0.343 e. The average Bonchev–Trinajstić information content (AvgIpc) is 3.26. The molecular formula is C25H22N2O5S. The number of hydrogen-bond donors (Lipinski definition) is 1. The van der Waals surface area contributed by atoms with Crippen molar-refractivity contribution in [3.63, 3.8) is 0 Å². The van der Waals surface area contributed by atoms with Crippen molar-refractivity contribution in [3.05, 3.63) is 83.4 Å². The number of ether oxygens (including phenoxy) is 2. The van der Waals surface area contributed by atoms with E-state index in [9.17, 15) is 9.59 Å². The van der Waals surface area contributed by atoms with Gasteiger partial charge in [0.1, 0.15) is 11.3 Å². The molecule has 0 aliphatic carbocycles. The van der Waals surface area contributed by atoms with Crippen LogP contribution in [0.15, 0.2) is 76.4 Å². The van der Waals surface area contributed by atoms with E-state index in [-0.39, 0.29) is 12.5 Å². The van der Waals surface area contributed by atoms with Crippen LogP contribution >= 0.6 is 11.8 Å². The lowest BCUT2D eigenvalue weighted by molar-refractivity contribution is -0.142. The lowest BCUT2D eigenvalue weighted by Crippen LogP contribution is -2.15. The number of benzene rings is 3. The van der Waals surface area contributed by atoms with Crippen LogP contribution in [0.1, 0.15) is 21.5 Å². The molecule has 1 N–H and O–H groups in total. The smallest absolute Gasteiger partial charge is 0.343 e. The molecule has 3 aromatic carbocycles. The molecular weight excluding hydrogens is 440 g/mol. The SMILES string of the molecule is COC(=O)COc1ccc(NC(=O)c2ccccc2CSc2nc3ccccc3o2)c(C)c1. The number of amides is 1. The summed E-state index contributed by atoms with van der Waals surface area (Å²) in [4.78, 5) is 28.7. The van der Waals surface area contributed by atoms with E-state index in [1.165, 1.54) is 18.9 Å². The number of anilines is 1. The molecule has 1 heterocycles. The van der Waals surface area contributed by atoms with Gasteiger partial charge in [-0.1, -0.05) is 42.1 Å². The van der Waals surface area contributed by atoms with Crippen molar-refractivity contribution in [2.75, 3.05) is 19.0 Å². The van der Waals surface area contributed by atoms with E-state index in [2.05, 4.69) is 15.0 Å². The van der Waals surface area contributed by atoms with Crippen LogP contribution in [0.2, 0.25) is 0 Å². The Bertz CT molecular complexity index is 1270. The van der Waals surface area contributed by atoms with Gasteiger partial charge in [0.2, 0.25) is 0 Å². The number of aryl methyl sites for hydroxylation is 1. The quantitative estimate of drug-likeness (QED) is 0.283. The number of carbonyl (C=O) groups is 2. The largest absolute Gasteiger partial charge is 0.482 e. The van der Waals surface area contributed by atoms with Crippen LogP contribution in [-0.2, 0) is 15.3 Å². The zero-order chi connectivity index (χ0) is 23.2. The highest BCUT2D eigenvalue weighted by Crippen LogP contribution is 2.28. The molecule has 4 aromatic rings. The maximum atomic E-state index is 13.0. The van der Waals surface area contributed by atoms with Gasteiger partial charge in [-0.3, -0.25) is 4.79 Å². The van der Waals surface area contributed by atoms with Gasteiger partial charge >= 0.3 is 5.97 Å². The Balaban J connectivity index is 1.44. The molecule has 168 valence electrons. The van der Waals surface area contributed by atoms with Crippen LogP contribution in [0.3, 0.4) is 0 Å². The number of oxazole rings is 1. The molecule has 0 atom stereocenters. The van der Waals surface area contributed by atoms with Gasteiger partial charge in [-0.15, -0.1) is 0 Å². The topological polar surface area (TPSA) is 90.7 Å². The van der Waals surface area contributed by atoms with Crippen molar-refractivity contribution in [2.24, 2.45) is 0 Å². The van der Waals surface area contributed by atoms with Gasteiger partial charge in [-0.2, -0.15) is 0 Å². The Morgan fingerprint density at radius 1 is 1.06 bits per heavy atom. The summed E-state index contributed by atoms with van der Waals surface area (Å²) in [5.74, 6) is 0.383. The van der Waals surface area contributed by atoms with Gasteiger partial charge < -0.3 is 19.2 Å². The molecule has 4 rings (SSSR count). The molecule has 1 amide bonds. The molecule has 0 saturated heterocycles. The van der Waals surface area contributed by atoms with Crippen molar-refractivity contribution < 1.29 is 23.5 Å². The Morgan fingerprint density at radius 2 is 1.85 bits per heavy atom. The molecule has 0 saturated carbocycles. The minimum atomic E-state index is -0.461. The standard InChI is InChI=1S/C25H22N2O5S/c1-16-13-18(31-14-23(28)30-2)11-12-20(16)26-24(29)19-8-4-3-7-17(19)15-33-25-27-21-9-5-6-10-22(21)32-25/h3-13H,14-15H2,1-2H3,(H,26,29). The van der Waals surface area contributed by atoms with Gasteiger partial charge in [-0.25, -0.2) is 9.78 Å². The average molecular weight is 463 g/mol. The molecule has 7 nitrogen and oxygen atoms in total. The molecule has 8 heteroatoms. The molecule has 0 fully saturated rings. The zero-order valence-electron chi connectivity index (χ0n) is 18.2. The summed E-state index contributed by atoms with van der Waals surface area (Å²) in [6.45, 7) is 1.68. The summed E-state index contributed by atoms with van der Waals surface area (Å²) in [7, 11) is 1.30. The van der Waals surface area contributed by atoms with Gasteiger partial charge in [0.05, 0.1) is 7.11 Å². The van der Waals surface area contributed by atoms with E-state index in [1.807, 2.05) is 49.4 Å². The number of aromatic nitrogens is 1. The number of carbonyl (C=O) groups excluding carboxylic acids is 2. The lowest BCUT2D eigenvalue weighted by Gasteiger charge is -2.13. The number of thioether (sulfide) groups is 1. The van der Waals surface area contributed by atoms with Crippen molar-refractivity contribution in [1.82, 2.24) is 4.98 Å². The highest BCUT2D eigenvalue weighted by atomic mass is 32.2. The minimum absolute atomic E-state index is 0.174. The molecule has 0 aliphatic heterocycles. The molecule has 0 spiro atoms. The number of esters is 1. The summed E-state index contributed by atoms with van der Waals surface area (Å²) >= 11 is 1.44. The Morgan fingerprint density at radius 3 is 2.64 bits per heavy atom. The first-order chi connectivity index (χ1) is 16.0. The number of hydrogen-bond acceptors (Lipinski definition) is 7. The number of fused-ring (bicyclic) bond motifs is 1. The fourth-order valence-corrected chi connectivity index (χ4v) is 4.02. The third-order valence-corrected chi connectivity index (χ3v) is 5.79. The van der Waals surface area contributed by atoms with E-state index >= 15 is 0 Å². The minimum Gasteiger partial charge on any atom is -0.482 e. The molecule has 0 bridgehead atoms. The van der Waals surface area contributed by atoms with E-state index in [1.54, 1.807) is 24.3 Å². The Hall–Kier alpha value is -3.78. The van der Waals surface area contributed by atoms with Gasteiger partial charge in [0.15, 0.2) is 12.2 Å². The Kier molecular flexibility index (Phi) is 6.95. The van der Waals surface area contributed by atoms with E-state index in [4.69, 9.17) is 9.15 Å². The molecule has 0 radical (unpaired) electrons. The third-order valence-electron chi connectivity index (χ3n) is 4.92. The number of nitrogens with zero attached hydrogens (tertiary/aromatic N) is 1. The first-order valence-electron chi connectivity index (χ1n) is 10.2. The van der Waals surface area contributed by atoms with E-state index < -0.39 is 5.97 Å². The number of methoxy groups -OCH3 is 1. The van der Waals surface area contributed by atoms with Crippen molar-refractivity contribution in [2.45, 2.75) is 17.9 Å². The van der Waals surface area contributed by atoms with E-state index in [0.29, 0.717) is 28.0 Å². The van der Waals surface area contributed by atoms with Crippen LogP contribution in [0.5, 0.6) is 5.75 Å². The number of nitrogens with one attached hydrogen (secondary N) is 1. The second-order valence-corrected chi connectivity index (χ2v) is 8.12. The highest BCUT2D eigenvalue weighted by Gasteiger charge is 2.14. The van der Waals surface area contributed by atoms with Crippen LogP contribution in [0.25, 0.3) is 11.1 Å². The third kappa shape index (κ3) is 5.53. The summed E-state index contributed by atoms with van der Waals surface area (Å²) in [6, 6.07) is 20.2. The Labute approximate surface area is 195 Å². The molecule has 0 aliphatic rings. The van der Waals surface area contributed by atoms with Crippen LogP contribution in [-0.4, -0.2) is 30.6 Å². The normalized spacial score (nSPS) is 10.7. The summed E-state index contributed by atoms with van der Waals surface area (Å²) < 4.78 is 15.7. The molecule has 0 unspecified atom stereocenters. The zero-order valence-corrected chi connectivity index (χ0v) is 19.0. The molecule has 33 heavy (non-hydrogen) atoms. The van der Waals surface area contributed by atoms with Gasteiger partial charge in [0, 0.05) is 17.0 Å². The first-order valence-corrected chi connectivity index (χ1v) is 11.2. The van der Waals surface area contributed by atoms with Crippen molar-refractivity contribution in [1.29, 1.82) is 0 Å². The number of rotatable bonds is 8. The van der Waals surface area contributed by atoms with Crippen molar-refractivity contribution >= 4 is 40.4 Å². The highest BCUT2D eigenvalue weighted by molar-refractivity contribution is 7.98. The lowest BCUT2D eigenvalue weighted by atomic mass is 10.1. The predicted octanol–water partition coefficient (Wildman–Crippen LogP) is 5.23. The second kappa shape index (κ2) is 10.2. The fraction of sp³-hybridized carbons (Fsp3) is 0.160. The molecule has 1 aromatic heterocycles. The van der Waals surface area contributed by atoms with Crippen molar-refractivity contribution in [3.8, 4) is 5.75 Å². The van der Waals surface area contributed by atoms with Gasteiger partial charge in [-0.05, 0) is 54.4 Å². The monoisotopic (exact) mass is 462 g/mol. The summed E-state index contributed by atoms with van der Waals surface area (Å²) in [5, 5.41) is 3.52.